The monoisotopic (exact) mass is 416 g/mol. The highest BCUT2D eigenvalue weighted by Crippen LogP contribution is 2.67. The molecule has 2 nitrogen and oxygen atoms in total. The zero-order chi connectivity index (χ0) is 21.9. The van der Waals surface area contributed by atoms with Crippen LogP contribution in [-0.4, -0.2) is 21.4 Å². The van der Waals surface area contributed by atoms with Crippen LogP contribution in [0.1, 0.15) is 112 Å². The van der Waals surface area contributed by atoms with Crippen molar-refractivity contribution in [2.45, 2.75) is 123 Å². The first-order valence-electron chi connectivity index (χ1n) is 13.1. The van der Waals surface area contributed by atoms with Gasteiger partial charge in [-0.25, -0.2) is 0 Å². The predicted molar refractivity (Wildman–Crippen MR) is 125 cm³/mol. The Morgan fingerprint density at radius 1 is 1.10 bits per heavy atom. The SMILES string of the molecule is CCC(C)(O)CC[C@@H](C)[C@H]1CC[C@H]2[C@@H]3CC=C4C[C@@](C)(O)CC[C@]4(C)[C@H]3CC[C@]12C. The highest BCUT2D eigenvalue weighted by atomic mass is 16.3. The Morgan fingerprint density at radius 3 is 2.53 bits per heavy atom. The van der Waals surface area contributed by atoms with Crippen LogP contribution < -0.4 is 0 Å². The molecule has 4 aliphatic rings. The second-order valence-electron chi connectivity index (χ2n) is 13.0. The fourth-order valence-corrected chi connectivity index (χ4v) is 8.70. The molecule has 30 heavy (non-hydrogen) atoms. The maximum Gasteiger partial charge on any atom is 0.0657 e. The fourth-order valence-electron chi connectivity index (χ4n) is 8.70. The molecule has 0 aromatic rings. The third-order valence-electron chi connectivity index (χ3n) is 11.0. The molecule has 0 spiro atoms. The molecule has 1 unspecified atom stereocenters. The topological polar surface area (TPSA) is 40.5 Å². The molecule has 0 bridgehead atoms. The summed E-state index contributed by atoms with van der Waals surface area (Å²) in [6.07, 6.45) is 15.4. The summed E-state index contributed by atoms with van der Waals surface area (Å²) in [4.78, 5) is 0. The van der Waals surface area contributed by atoms with E-state index in [1.54, 1.807) is 5.57 Å². The molecule has 0 aromatic carbocycles. The Balaban J connectivity index is 1.51. The molecule has 0 amide bonds. The van der Waals surface area contributed by atoms with Gasteiger partial charge in [-0.1, -0.05) is 39.3 Å². The van der Waals surface area contributed by atoms with Gasteiger partial charge in [0, 0.05) is 0 Å². The van der Waals surface area contributed by atoms with E-state index in [1.165, 1.54) is 44.9 Å². The van der Waals surface area contributed by atoms with Crippen LogP contribution in [0.3, 0.4) is 0 Å². The minimum atomic E-state index is -0.494. The van der Waals surface area contributed by atoms with E-state index in [0.717, 1.165) is 49.4 Å². The molecule has 2 heteroatoms. The van der Waals surface area contributed by atoms with Crippen LogP contribution in [-0.2, 0) is 0 Å². The standard InChI is InChI=1S/C28H48O2/c1-7-25(3,29)14-12-19(2)22-10-11-23-21-9-8-20-18-26(4,30)16-17-27(20,5)24(21)13-15-28(22,23)6/h8,19,21-24,29-30H,7,9-18H2,1-6H3/t19-,21+,22-,23+,24+,25?,26+,27+,28-/m1/s1. The zero-order valence-corrected chi connectivity index (χ0v) is 20.6. The zero-order valence-electron chi connectivity index (χ0n) is 20.6. The number of fused-ring (bicyclic) bond motifs is 5. The Labute approximate surface area is 185 Å². The van der Waals surface area contributed by atoms with Crippen molar-refractivity contribution in [3.8, 4) is 0 Å². The first-order chi connectivity index (χ1) is 13.9. The van der Waals surface area contributed by atoms with Crippen molar-refractivity contribution < 1.29 is 10.2 Å². The van der Waals surface area contributed by atoms with Crippen molar-refractivity contribution in [1.82, 2.24) is 0 Å². The third-order valence-corrected chi connectivity index (χ3v) is 11.0. The van der Waals surface area contributed by atoms with Crippen LogP contribution in [0.5, 0.6) is 0 Å². The molecule has 0 saturated heterocycles. The van der Waals surface area contributed by atoms with Crippen LogP contribution in [0, 0.1) is 40.4 Å². The summed E-state index contributed by atoms with van der Waals surface area (Å²) in [5.41, 5.74) is 1.41. The molecule has 2 N–H and O–H groups in total. The van der Waals surface area contributed by atoms with E-state index in [4.69, 9.17) is 0 Å². The highest BCUT2D eigenvalue weighted by molar-refractivity contribution is 5.26. The normalized spacial score (nSPS) is 48.7. The van der Waals surface area contributed by atoms with Gasteiger partial charge in [0.2, 0.25) is 0 Å². The van der Waals surface area contributed by atoms with Gasteiger partial charge >= 0.3 is 0 Å². The summed E-state index contributed by atoms with van der Waals surface area (Å²) in [6.45, 7) is 13.8. The van der Waals surface area contributed by atoms with Crippen molar-refractivity contribution in [1.29, 1.82) is 0 Å². The van der Waals surface area contributed by atoms with Gasteiger partial charge in [0.1, 0.15) is 0 Å². The Kier molecular flexibility index (Phi) is 5.80. The fraction of sp³-hybridized carbons (Fsp3) is 0.929. The lowest BCUT2D eigenvalue weighted by atomic mass is 9.46. The lowest BCUT2D eigenvalue weighted by Crippen LogP contribution is -2.52. The van der Waals surface area contributed by atoms with E-state index in [1.807, 2.05) is 13.8 Å². The van der Waals surface area contributed by atoms with E-state index in [2.05, 4.69) is 33.8 Å². The predicted octanol–water partition coefficient (Wildman–Crippen LogP) is 6.89. The summed E-state index contributed by atoms with van der Waals surface area (Å²) < 4.78 is 0. The first-order valence-corrected chi connectivity index (χ1v) is 13.1. The van der Waals surface area contributed by atoms with Crippen LogP contribution in [0.2, 0.25) is 0 Å². The molecule has 0 aliphatic heterocycles. The molecule has 0 radical (unpaired) electrons. The summed E-state index contributed by atoms with van der Waals surface area (Å²) in [6, 6.07) is 0. The molecule has 3 fully saturated rings. The number of hydrogen-bond donors (Lipinski definition) is 2. The van der Waals surface area contributed by atoms with Gasteiger partial charge in [0.15, 0.2) is 0 Å². The Hall–Kier alpha value is -0.340. The van der Waals surface area contributed by atoms with E-state index >= 15 is 0 Å². The van der Waals surface area contributed by atoms with Crippen molar-refractivity contribution in [3.63, 3.8) is 0 Å². The molecule has 172 valence electrons. The Morgan fingerprint density at radius 2 is 1.83 bits per heavy atom. The quantitative estimate of drug-likeness (QED) is 0.479. The molecule has 4 rings (SSSR count). The largest absolute Gasteiger partial charge is 0.390 e. The lowest BCUT2D eigenvalue weighted by Gasteiger charge is -2.59. The maximum atomic E-state index is 10.7. The van der Waals surface area contributed by atoms with Gasteiger partial charge in [-0.15, -0.1) is 0 Å². The minimum absolute atomic E-state index is 0.329. The number of rotatable bonds is 5. The third kappa shape index (κ3) is 3.72. The molecule has 9 atom stereocenters. The van der Waals surface area contributed by atoms with Gasteiger partial charge in [-0.05, 0) is 125 Å². The summed E-state index contributed by atoms with van der Waals surface area (Å²) in [7, 11) is 0. The first kappa shape index (κ1) is 22.8. The van der Waals surface area contributed by atoms with E-state index < -0.39 is 11.2 Å². The maximum absolute atomic E-state index is 10.7. The molecular weight excluding hydrogens is 368 g/mol. The lowest BCUT2D eigenvalue weighted by molar-refractivity contribution is -0.0715. The average molecular weight is 417 g/mol. The highest BCUT2D eigenvalue weighted by Gasteiger charge is 2.59. The van der Waals surface area contributed by atoms with Crippen molar-refractivity contribution in [3.05, 3.63) is 11.6 Å². The van der Waals surface area contributed by atoms with Gasteiger partial charge < -0.3 is 10.2 Å². The second kappa shape index (κ2) is 7.62. The van der Waals surface area contributed by atoms with Crippen LogP contribution in [0.4, 0.5) is 0 Å². The average Bonchev–Trinajstić information content (AvgIpc) is 3.04. The molecule has 4 aliphatic carbocycles. The summed E-state index contributed by atoms with van der Waals surface area (Å²) >= 11 is 0. The van der Waals surface area contributed by atoms with Crippen LogP contribution >= 0.6 is 0 Å². The number of aliphatic hydroxyl groups is 2. The molecular formula is C28H48O2. The van der Waals surface area contributed by atoms with Gasteiger partial charge in [-0.3, -0.25) is 0 Å². The Bertz CT molecular complexity index is 676. The van der Waals surface area contributed by atoms with Crippen molar-refractivity contribution in [2.75, 3.05) is 0 Å². The molecule has 0 heterocycles. The number of allylic oxidation sites excluding steroid dienone is 1. The smallest absolute Gasteiger partial charge is 0.0657 e. The van der Waals surface area contributed by atoms with Gasteiger partial charge in [0.25, 0.3) is 0 Å². The molecule has 3 saturated carbocycles. The second-order valence-corrected chi connectivity index (χ2v) is 13.0. The number of hydrogen-bond acceptors (Lipinski definition) is 2. The van der Waals surface area contributed by atoms with E-state index in [9.17, 15) is 10.2 Å². The summed E-state index contributed by atoms with van der Waals surface area (Å²) in [5, 5.41) is 21.2. The minimum Gasteiger partial charge on any atom is -0.390 e. The van der Waals surface area contributed by atoms with Crippen LogP contribution in [0.15, 0.2) is 11.6 Å². The van der Waals surface area contributed by atoms with Gasteiger partial charge in [0.05, 0.1) is 11.2 Å². The van der Waals surface area contributed by atoms with Crippen LogP contribution in [0.25, 0.3) is 0 Å². The van der Waals surface area contributed by atoms with E-state index in [0.29, 0.717) is 16.7 Å². The van der Waals surface area contributed by atoms with Crippen molar-refractivity contribution in [2.24, 2.45) is 40.4 Å². The summed E-state index contributed by atoms with van der Waals surface area (Å²) in [5.74, 6) is 4.07. The van der Waals surface area contributed by atoms with Gasteiger partial charge in [-0.2, -0.15) is 0 Å². The molecule has 0 aromatic heterocycles. The van der Waals surface area contributed by atoms with Crippen molar-refractivity contribution >= 4 is 0 Å². The van der Waals surface area contributed by atoms with E-state index in [-0.39, 0.29) is 0 Å².